The lowest BCUT2D eigenvalue weighted by Crippen LogP contribution is -2.52. The molecule has 0 bridgehead atoms. The average molecular weight is 338 g/mol. The quantitative estimate of drug-likeness (QED) is 0.460. The highest BCUT2D eigenvalue weighted by Crippen LogP contribution is 2.38. The minimum atomic E-state index is -1.17. The van der Waals surface area contributed by atoms with Crippen LogP contribution in [0.15, 0.2) is 0 Å². The van der Waals surface area contributed by atoms with Gasteiger partial charge in [-0.15, -0.1) is 16.3 Å². The lowest BCUT2D eigenvalue weighted by molar-refractivity contribution is 0.00578. The molecule has 0 aromatic carbocycles. The molecule has 1 rings (SSSR count). The fourth-order valence-electron chi connectivity index (χ4n) is 1.91. The van der Waals surface area contributed by atoms with E-state index in [0.29, 0.717) is 5.88 Å². The number of nitrogens with one attached hydrogen (secondary N) is 1. The maximum atomic E-state index is 12.4. The van der Waals surface area contributed by atoms with Crippen molar-refractivity contribution in [3.63, 3.8) is 0 Å². The van der Waals surface area contributed by atoms with E-state index >= 15 is 0 Å². The molecule has 21 heavy (non-hydrogen) atoms. The van der Waals surface area contributed by atoms with Crippen LogP contribution in [0.4, 0.5) is 0 Å². The van der Waals surface area contributed by atoms with Crippen molar-refractivity contribution in [2.75, 3.05) is 5.88 Å². The molecule has 1 heterocycles. The van der Waals surface area contributed by atoms with Gasteiger partial charge in [-0.3, -0.25) is 0 Å². The summed E-state index contributed by atoms with van der Waals surface area (Å²) in [5.41, 5.74) is -0.774. The summed E-state index contributed by atoms with van der Waals surface area (Å²) < 4.78 is 27.4. The van der Waals surface area contributed by atoms with Crippen molar-refractivity contribution in [2.45, 2.75) is 83.2 Å². The summed E-state index contributed by atoms with van der Waals surface area (Å²) in [7, 11) is -0.412. The minimum absolute atomic E-state index is 0.134. The number of halogens is 1. The fourth-order valence-corrected chi connectivity index (χ4v) is 2.93. The van der Waals surface area contributed by atoms with Crippen molar-refractivity contribution in [1.29, 1.82) is 0 Å². The second kappa shape index (κ2) is 6.97. The lowest BCUT2D eigenvalue weighted by atomic mass is 9.76. The minimum Gasteiger partial charge on any atom is -0.598 e. The van der Waals surface area contributed by atoms with Crippen molar-refractivity contribution in [2.24, 2.45) is 0 Å². The van der Waals surface area contributed by atoms with Crippen molar-refractivity contribution in [3.8, 4) is 0 Å². The van der Waals surface area contributed by atoms with Crippen molar-refractivity contribution < 1.29 is 13.9 Å². The van der Waals surface area contributed by atoms with Crippen molar-refractivity contribution in [1.82, 2.24) is 4.72 Å². The summed E-state index contributed by atoms with van der Waals surface area (Å²) in [6.45, 7) is 13.9. The van der Waals surface area contributed by atoms with Gasteiger partial charge in [0.15, 0.2) is 0 Å². The zero-order valence-corrected chi connectivity index (χ0v) is 15.9. The first-order valence-corrected chi connectivity index (χ1v) is 9.19. The molecular weight excluding hydrogens is 308 g/mol. The van der Waals surface area contributed by atoms with Gasteiger partial charge in [0.1, 0.15) is 4.75 Å². The average Bonchev–Trinajstić information content (AvgIpc) is 2.52. The smallest absolute Gasteiger partial charge is 0.480 e. The molecule has 1 saturated heterocycles. The number of hydrogen-bond acceptors (Lipinski definition) is 4. The molecule has 0 aromatic heterocycles. The van der Waals surface area contributed by atoms with Crippen LogP contribution in [0.2, 0.25) is 0 Å². The van der Waals surface area contributed by atoms with E-state index in [1.807, 2.05) is 48.5 Å². The van der Waals surface area contributed by atoms with Gasteiger partial charge in [-0.05, 0) is 61.3 Å². The van der Waals surface area contributed by atoms with Crippen molar-refractivity contribution in [3.05, 3.63) is 0 Å². The van der Waals surface area contributed by atoms with Crippen LogP contribution in [0.3, 0.4) is 0 Å². The highest BCUT2D eigenvalue weighted by Gasteiger charge is 2.54. The van der Waals surface area contributed by atoms with E-state index in [2.05, 4.69) is 4.72 Å². The van der Waals surface area contributed by atoms with Gasteiger partial charge in [-0.25, -0.2) is 0 Å². The molecule has 1 N–H and O–H groups in total. The van der Waals surface area contributed by atoms with Crippen LogP contribution in [0, 0.1) is 0 Å². The molecule has 7 heteroatoms. The van der Waals surface area contributed by atoms with Crippen LogP contribution in [-0.4, -0.2) is 39.4 Å². The van der Waals surface area contributed by atoms with Crippen molar-refractivity contribution >= 4 is 30.1 Å². The Morgan fingerprint density at radius 1 is 1.19 bits per heavy atom. The standard InChI is InChI=1S/C14H29BClNO3S/c1-12(2,3)21(18)17-11(9-8-10-16)15-19-13(4,5)14(6,7)20-15/h11,17H,8-10H2,1-7H3/t11-,21+/m0/s1. The van der Waals surface area contributed by atoms with Gasteiger partial charge in [0.25, 0.3) is 0 Å². The molecule has 0 saturated carbocycles. The van der Waals surface area contributed by atoms with E-state index in [-0.39, 0.29) is 21.9 Å². The third kappa shape index (κ3) is 5.01. The molecule has 4 nitrogen and oxygen atoms in total. The number of hydrogen-bond donors (Lipinski definition) is 1. The molecule has 0 radical (unpaired) electrons. The van der Waals surface area contributed by atoms with Crippen LogP contribution >= 0.6 is 11.6 Å². The maximum Gasteiger partial charge on any atom is 0.480 e. The van der Waals surface area contributed by atoms with E-state index in [1.165, 1.54) is 0 Å². The van der Waals surface area contributed by atoms with Gasteiger partial charge < -0.3 is 13.9 Å². The topological polar surface area (TPSA) is 53.5 Å². The first-order chi connectivity index (χ1) is 9.40. The molecule has 0 aromatic rings. The third-order valence-electron chi connectivity index (χ3n) is 4.06. The van der Waals surface area contributed by atoms with Crippen LogP contribution in [0.25, 0.3) is 0 Å². The van der Waals surface area contributed by atoms with Crippen LogP contribution in [0.5, 0.6) is 0 Å². The fraction of sp³-hybridized carbons (Fsp3) is 1.00. The Kier molecular flexibility index (Phi) is 6.51. The predicted molar refractivity (Wildman–Crippen MR) is 90.9 cm³/mol. The van der Waals surface area contributed by atoms with E-state index < -0.39 is 18.5 Å². The van der Waals surface area contributed by atoms with Gasteiger partial charge in [-0.1, -0.05) is 0 Å². The zero-order chi connectivity index (χ0) is 16.5. The molecule has 124 valence electrons. The Labute approximate surface area is 138 Å². The van der Waals surface area contributed by atoms with E-state index in [1.54, 1.807) is 0 Å². The van der Waals surface area contributed by atoms with Crippen LogP contribution in [-0.2, 0) is 20.7 Å². The summed E-state index contributed by atoms with van der Waals surface area (Å²) in [6, 6.07) is 0. The molecule has 0 spiro atoms. The van der Waals surface area contributed by atoms with Gasteiger partial charge >= 0.3 is 7.12 Å². The Bertz CT molecular complexity index is 334. The highest BCUT2D eigenvalue weighted by molar-refractivity contribution is 7.90. The Balaban J connectivity index is 2.80. The largest absolute Gasteiger partial charge is 0.598 e. The highest BCUT2D eigenvalue weighted by atomic mass is 35.5. The molecule has 1 aliphatic rings. The second-order valence-electron chi connectivity index (χ2n) is 7.56. The van der Waals surface area contributed by atoms with Gasteiger partial charge in [0.05, 0.1) is 17.1 Å². The Morgan fingerprint density at radius 2 is 1.67 bits per heavy atom. The molecule has 2 atom stereocenters. The van der Waals surface area contributed by atoms with Crippen LogP contribution in [0.1, 0.15) is 61.3 Å². The number of alkyl halides is 1. The maximum absolute atomic E-state index is 12.4. The first kappa shape index (κ1) is 19.6. The van der Waals surface area contributed by atoms with Gasteiger partial charge in [-0.2, -0.15) is 0 Å². The van der Waals surface area contributed by atoms with Crippen LogP contribution < -0.4 is 4.72 Å². The summed E-state index contributed by atoms with van der Waals surface area (Å²) >= 11 is 4.64. The zero-order valence-electron chi connectivity index (χ0n) is 14.3. The molecule has 0 unspecified atom stereocenters. The molecule has 1 aliphatic heterocycles. The van der Waals surface area contributed by atoms with E-state index in [0.717, 1.165) is 12.8 Å². The predicted octanol–water partition coefficient (Wildman–Crippen LogP) is 3.06. The Hall–Kier alpha value is 0.545. The molecule has 1 fully saturated rings. The third-order valence-corrected chi connectivity index (χ3v) is 5.96. The number of rotatable bonds is 6. The summed E-state index contributed by atoms with van der Waals surface area (Å²) in [4.78, 5) is 0. The SMILES string of the molecule is CC(C)(C)[S@@+]([O-])N[C@@H](CCCCl)B1OC(C)(C)C(C)(C)O1. The molecule has 0 aliphatic carbocycles. The summed E-state index contributed by atoms with van der Waals surface area (Å²) in [5, 5.41) is 0. The van der Waals surface area contributed by atoms with Gasteiger partial charge in [0.2, 0.25) is 0 Å². The first-order valence-electron chi connectivity index (χ1n) is 7.50. The second-order valence-corrected chi connectivity index (χ2v) is 9.94. The normalized spacial score (nSPS) is 24.1. The molecule has 0 amide bonds. The summed E-state index contributed by atoms with van der Waals surface area (Å²) in [5.74, 6) is 0.435. The van der Waals surface area contributed by atoms with Gasteiger partial charge in [0, 0.05) is 17.2 Å². The lowest BCUT2D eigenvalue weighted by Gasteiger charge is -2.32. The molecular formula is C14H29BClNO3S. The van der Waals surface area contributed by atoms with E-state index in [9.17, 15) is 4.55 Å². The Morgan fingerprint density at radius 3 is 2.05 bits per heavy atom. The summed E-state index contributed by atoms with van der Waals surface area (Å²) in [6.07, 6.45) is 1.59. The van der Waals surface area contributed by atoms with E-state index in [4.69, 9.17) is 20.9 Å². The monoisotopic (exact) mass is 337 g/mol.